The van der Waals surface area contributed by atoms with Gasteiger partial charge < -0.3 is 24.6 Å². The fourth-order valence-corrected chi connectivity index (χ4v) is 4.48. The van der Waals surface area contributed by atoms with Gasteiger partial charge in [0.25, 0.3) is 0 Å². The van der Waals surface area contributed by atoms with E-state index in [2.05, 4.69) is 10.2 Å². The van der Waals surface area contributed by atoms with Gasteiger partial charge in [0.15, 0.2) is 0 Å². The Morgan fingerprint density at radius 1 is 1.09 bits per heavy atom. The van der Waals surface area contributed by atoms with Crippen molar-refractivity contribution in [2.24, 2.45) is 5.92 Å². The molecule has 3 fully saturated rings. The molecule has 1 saturated carbocycles. The third-order valence-electron chi connectivity index (χ3n) is 6.21. The number of rotatable bonds is 7. The predicted molar refractivity (Wildman–Crippen MR) is 119 cm³/mol. The van der Waals surface area contributed by atoms with Gasteiger partial charge in [-0.1, -0.05) is 11.6 Å². The number of nitrogens with one attached hydrogen (secondary N) is 1. The van der Waals surface area contributed by atoms with Crippen molar-refractivity contribution in [3.05, 3.63) is 17.2 Å². The number of hydrogen-bond acceptors (Lipinski definition) is 6. The highest BCUT2D eigenvalue weighted by Gasteiger charge is 2.39. The van der Waals surface area contributed by atoms with E-state index in [-0.39, 0.29) is 30.7 Å². The molecule has 0 radical (unpaired) electrons. The van der Waals surface area contributed by atoms with Crippen molar-refractivity contribution >= 4 is 35.0 Å². The zero-order valence-electron chi connectivity index (χ0n) is 18.4. The van der Waals surface area contributed by atoms with Crippen molar-refractivity contribution in [3.63, 3.8) is 0 Å². The second-order valence-corrected chi connectivity index (χ2v) is 8.91. The standard InChI is InChI=1S/C22H29ClN4O5/c1-31-18-11-19(32-2)17(10-16(18)23)27-12-14(9-21(27)29)22(30)26-7-5-25(6-8-26)13-20(28)24-15-3-4-15/h10-11,14-15H,3-9,12-13H2,1-2H3,(H,24,28). The van der Waals surface area contributed by atoms with Gasteiger partial charge >= 0.3 is 0 Å². The Kier molecular flexibility index (Phi) is 6.76. The fraction of sp³-hybridized carbons (Fsp3) is 0.591. The Morgan fingerprint density at radius 3 is 2.41 bits per heavy atom. The van der Waals surface area contributed by atoms with Gasteiger partial charge in [-0.3, -0.25) is 19.3 Å². The Morgan fingerprint density at radius 2 is 1.78 bits per heavy atom. The van der Waals surface area contributed by atoms with Gasteiger partial charge in [-0.25, -0.2) is 0 Å². The number of piperazine rings is 1. The zero-order valence-corrected chi connectivity index (χ0v) is 19.2. The molecule has 0 aromatic heterocycles. The van der Waals surface area contributed by atoms with Gasteiger partial charge in [-0.05, 0) is 18.9 Å². The predicted octanol–water partition coefficient (Wildman–Crippen LogP) is 1.13. The number of anilines is 1. The molecule has 1 atom stereocenters. The number of nitrogens with zero attached hydrogens (tertiary/aromatic N) is 3. The minimum Gasteiger partial charge on any atom is -0.495 e. The maximum Gasteiger partial charge on any atom is 0.234 e. The summed E-state index contributed by atoms with van der Waals surface area (Å²) in [5, 5.41) is 3.36. The molecule has 2 aliphatic heterocycles. The molecule has 1 aromatic carbocycles. The highest BCUT2D eigenvalue weighted by atomic mass is 35.5. The molecule has 174 valence electrons. The number of hydrogen-bond donors (Lipinski definition) is 1. The molecule has 3 amide bonds. The summed E-state index contributed by atoms with van der Waals surface area (Å²) in [6.45, 7) is 3.05. The van der Waals surface area contributed by atoms with Crippen LogP contribution in [0.15, 0.2) is 12.1 Å². The van der Waals surface area contributed by atoms with Crippen LogP contribution >= 0.6 is 11.6 Å². The molecule has 1 aromatic rings. The van der Waals surface area contributed by atoms with Gasteiger partial charge in [0.05, 0.1) is 37.4 Å². The summed E-state index contributed by atoms with van der Waals surface area (Å²) in [6, 6.07) is 3.63. The summed E-state index contributed by atoms with van der Waals surface area (Å²) in [6.07, 6.45) is 2.29. The molecule has 1 aliphatic carbocycles. The van der Waals surface area contributed by atoms with Crippen LogP contribution in [0.2, 0.25) is 5.02 Å². The smallest absolute Gasteiger partial charge is 0.234 e. The summed E-state index contributed by atoms with van der Waals surface area (Å²) < 4.78 is 10.6. The lowest BCUT2D eigenvalue weighted by molar-refractivity contribution is -0.137. The molecule has 0 spiro atoms. The number of amides is 3. The Bertz CT molecular complexity index is 899. The van der Waals surface area contributed by atoms with Gasteiger partial charge in [0.1, 0.15) is 11.5 Å². The van der Waals surface area contributed by atoms with Crippen LogP contribution in [-0.4, -0.2) is 87.1 Å². The largest absolute Gasteiger partial charge is 0.495 e. The number of carbonyl (C=O) groups excluding carboxylic acids is 3. The first-order valence-corrected chi connectivity index (χ1v) is 11.3. The van der Waals surface area contributed by atoms with Crippen LogP contribution in [0.1, 0.15) is 19.3 Å². The maximum absolute atomic E-state index is 13.1. The lowest BCUT2D eigenvalue weighted by Crippen LogP contribution is -2.52. The van der Waals surface area contributed by atoms with Crippen LogP contribution in [0.4, 0.5) is 5.69 Å². The maximum atomic E-state index is 13.1. The molecule has 1 unspecified atom stereocenters. The van der Waals surface area contributed by atoms with Crippen molar-refractivity contribution < 1.29 is 23.9 Å². The molecule has 2 saturated heterocycles. The monoisotopic (exact) mass is 464 g/mol. The van der Waals surface area contributed by atoms with Crippen LogP contribution in [-0.2, 0) is 14.4 Å². The lowest BCUT2D eigenvalue weighted by Gasteiger charge is -2.35. The summed E-state index contributed by atoms with van der Waals surface area (Å²) in [7, 11) is 3.02. The van der Waals surface area contributed by atoms with Crippen LogP contribution in [0.3, 0.4) is 0 Å². The number of halogens is 1. The fourth-order valence-electron chi connectivity index (χ4n) is 4.25. The first kappa shape index (κ1) is 22.7. The van der Waals surface area contributed by atoms with Gasteiger partial charge in [0.2, 0.25) is 17.7 Å². The van der Waals surface area contributed by atoms with Crippen molar-refractivity contribution in [2.75, 3.05) is 58.4 Å². The number of carbonyl (C=O) groups is 3. The molecule has 4 rings (SSSR count). The quantitative estimate of drug-likeness (QED) is 0.650. The van der Waals surface area contributed by atoms with Crippen LogP contribution in [0, 0.1) is 5.92 Å². The van der Waals surface area contributed by atoms with Crippen molar-refractivity contribution in [1.29, 1.82) is 0 Å². The molecule has 32 heavy (non-hydrogen) atoms. The van der Waals surface area contributed by atoms with Gasteiger partial charge in [-0.15, -0.1) is 0 Å². The van der Waals surface area contributed by atoms with E-state index in [1.54, 1.807) is 21.9 Å². The molecular formula is C22H29ClN4O5. The minimum absolute atomic E-state index is 0.0264. The molecule has 0 bridgehead atoms. The second kappa shape index (κ2) is 9.54. The average Bonchev–Trinajstić information content (AvgIpc) is 3.51. The Labute approximate surface area is 192 Å². The van der Waals surface area contributed by atoms with Crippen LogP contribution in [0.5, 0.6) is 11.5 Å². The second-order valence-electron chi connectivity index (χ2n) is 8.51. The first-order valence-electron chi connectivity index (χ1n) is 10.9. The summed E-state index contributed by atoms with van der Waals surface area (Å²) in [5.74, 6) is 0.384. The highest BCUT2D eigenvalue weighted by Crippen LogP contribution is 2.40. The normalized spacial score (nSPS) is 21.6. The lowest BCUT2D eigenvalue weighted by atomic mass is 10.1. The van der Waals surface area contributed by atoms with Crippen LogP contribution in [0.25, 0.3) is 0 Å². The van der Waals surface area contributed by atoms with E-state index in [1.165, 1.54) is 14.2 Å². The van der Waals surface area contributed by atoms with Crippen LogP contribution < -0.4 is 19.7 Å². The van der Waals surface area contributed by atoms with E-state index in [0.29, 0.717) is 61.0 Å². The van der Waals surface area contributed by atoms with Crippen molar-refractivity contribution in [2.45, 2.75) is 25.3 Å². The summed E-state index contributed by atoms with van der Waals surface area (Å²) >= 11 is 6.26. The summed E-state index contributed by atoms with van der Waals surface area (Å²) in [4.78, 5) is 43.3. The van der Waals surface area contributed by atoms with Crippen molar-refractivity contribution in [1.82, 2.24) is 15.1 Å². The molecule has 1 N–H and O–H groups in total. The van der Waals surface area contributed by atoms with E-state index < -0.39 is 5.92 Å². The number of ether oxygens (including phenoxy) is 2. The zero-order chi connectivity index (χ0) is 22.8. The molecular weight excluding hydrogens is 436 g/mol. The average molecular weight is 465 g/mol. The highest BCUT2D eigenvalue weighted by molar-refractivity contribution is 6.32. The topological polar surface area (TPSA) is 91.4 Å². The van der Waals surface area contributed by atoms with E-state index >= 15 is 0 Å². The Balaban J connectivity index is 1.34. The van der Waals surface area contributed by atoms with E-state index in [4.69, 9.17) is 21.1 Å². The first-order chi connectivity index (χ1) is 15.4. The number of methoxy groups -OCH3 is 2. The summed E-state index contributed by atoms with van der Waals surface area (Å²) in [5.41, 5.74) is 0.532. The van der Waals surface area contributed by atoms with E-state index in [1.807, 2.05) is 0 Å². The molecule has 2 heterocycles. The Hall–Kier alpha value is -2.52. The number of benzene rings is 1. The third kappa shape index (κ3) is 4.94. The molecule has 9 nitrogen and oxygen atoms in total. The van der Waals surface area contributed by atoms with Gasteiger partial charge in [0, 0.05) is 51.3 Å². The van der Waals surface area contributed by atoms with Crippen molar-refractivity contribution in [3.8, 4) is 11.5 Å². The SMILES string of the molecule is COc1cc(OC)c(N2CC(C(=O)N3CCN(CC(=O)NC4CC4)CC3)CC2=O)cc1Cl. The third-order valence-corrected chi connectivity index (χ3v) is 6.51. The molecule has 3 aliphatic rings. The van der Waals surface area contributed by atoms with Gasteiger partial charge in [-0.2, -0.15) is 0 Å². The van der Waals surface area contributed by atoms with E-state index in [0.717, 1.165) is 12.8 Å². The minimum atomic E-state index is -0.419. The molecule has 10 heteroatoms. The van der Waals surface area contributed by atoms with E-state index in [9.17, 15) is 14.4 Å².